The molecule has 1 aliphatic heterocycles. The predicted octanol–water partition coefficient (Wildman–Crippen LogP) is 3.09. The van der Waals surface area contributed by atoms with Crippen LogP contribution >= 0.6 is 23.2 Å². The highest BCUT2D eigenvalue weighted by Crippen LogP contribution is 2.34. The Labute approximate surface area is 144 Å². The minimum absolute atomic E-state index is 0.240. The maximum atomic E-state index is 11.1. The Bertz CT molecular complexity index is 652. The first kappa shape index (κ1) is 17.5. The molecule has 1 heterocycles. The van der Waals surface area contributed by atoms with Gasteiger partial charge in [-0.1, -0.05) is 35.3 Å². The lowest BCUT2D eigenvalue weighted by molar-refractivity contribution is -0.481. The summed E-state index contributed by atoms with van der Waals surface area (Å²) in [4.78, 5) is 12.5. The van der Waals surface area contributed by atoms with E-state index in [0.29, 0.717) is 36.9 Å². The van der Waals surface area contributed by atoms with E-state index in [4.69, 9.17) is 27.9 Å². The quantitative estimate of drug-likeness (QED) is 0.460. The van der Waals surface area contributed by atoms with Gasteiger partial charge in [0.25, 0.3) is 0 Å². The number of ether oxygens (including phenoxy) is 1. The van der Waals surface area contributed by atoms with Crippen molar-refractivity contribution in [3.8, 4) is 6.07 Å². The summed E-state index contributed by atoms with van der Waals surface area (Å²) < 4.78 is 5.26. The summed E-state index contributed by atoms with van der Waals surface area (Å²) >= 11 is 12.2. The van der Waals surface area contributed by atoms with Crippen molar-refractivity contribution in [3.63, 3.8) is 0 Å². The molecule has 0 saturated carbocycles. The van der Waals surface area contributed by atoms with Crippen LogP contribution in [0.2, 0.25) is 10.0 Å². The van der Waals surface area contributed by atoms with E-state index in [0.717, 1.165) is 0 Å². The topological polar surface area (TPSA) is 79.4 Å². The predicted molar refractivity (Wildman–Crippen MR) is 87.2 cm³/mol. The second-order valence-electron chi connectivity index (χ2n) is 5.06. The van der Waals surface area contributed by atoms with Crippen molar-refractivity contribution in [2.45, 2.75) is 5.92 Å². The molecule has 8 heteroatoms. The van der Waals surface area contributed by atoms with E-state index in [1.54, 1.807) is 24.4 Å². The van der Waals surface area contributed by atoms with Gasteiger partial charge in [-0.3, -0.25) is 10.1 Å². The molecule has 0 aromatic heterocycles. The lowest BCUT2D eigenvalue weighted by Crippen LogP contribution is -2.33. The Morgan fingerprint density at radius 1 is 1.48 bits per heavy atom. The molecule has 0 aliphatic carbocycles. The van der Waals surface area contributed by atoms with Gasteiger partial charge in [0.1, 0.15) is 0 Å². The highest BCUT2D eigenvalue weighted by atomic mass is 35.5. The molecule has 6 nitrogen and oxygen atoms in total. The van der Waals surface area contributed by atoms with Crippen LogP contribution in [0.15, 0.2) is 30.0 Å². The van der Waals surface area contributed by atoms with Gasteiger partial charge in [0, 0.05) is 24.2 Å². The number of hydrogen-bond donors (Lipinski definition) is 0. The fourth-order valence-corrected chi connectivity index (χ4v) is 2.84. The number of nitro groups is 1. The van der Waals surface area contributed by atoms with Crippen LogP contribution in [0.1, 0.15) is 11.5 Å². The summed E-state index contributed by atoms with van der Waals surface area (Å²) in [6, 6.07) is 7.00. The van der Waals surface area contributed by atoms with Crippen molar-refractivity contribution in [1.82, 2.24) is 4.90 Å². The number of nitrogens with zero attached hydrogens (tertiary/aromatic N) is 3. The van der Waals surface area contributed by atoms with Crippen molar-refractivity contribution in [2.24, 2.45) is 0 Å². The van der Waals surface area contributed by atoms with Crippen molar-refractivity contribution < 1.29 is 9.66 Å². The summed E-state index contributed by atoms with van der Waals surface area (Å²) in [6.45, 7) is 1.98. The highest BCUT2D eigenvalue weighted by Gasteiger charge is 2.26. The third kappa shape index (κ3) is 4.58. The van der Waals surface area contributed by atoms with Crippen LogP contribution in [-0.4, -0.2) is 42.7 Å². The fraction of sp³-hybridized carbons (Fsp3) is 0.400. The second-order valence-corrected chi connectivity index (χ2v) is 5.84. The monoisotopic (exact) mass is 355 g/mol. The number of hydrogen-bond acceptors (Lipinski definition) is 5. The normalized spacial score (nSPS) is 16.7. The van der Waals surface area contributed by atoms with Gasteiger partial charge in [0.05, 0.1) is 40.8 Å². The lowest BCUT2D eigenvalue weighted by atomic mass is 9.92. The number of morpholine rings is 1. The molecule has 122 valence electrons. The molecule has 0 radical (unpaired) electrons. The maximum absolute atomic E-state index is 11.1. The van der Waals surface area contributed by atoms with Crippen molar-refractivity contribution in [2.75, 3.05) is 32.8 Å². The Hall–Kier alpha value is -1.81. The zero-order valence-electron chi connectivity index (χ0n) is 12.2. The van der Waals surface area contributed by atoms with E-state index in [2.05, 4.69) is 6.07 Å². The third-order valence-corrected chi connectivity index (χ3v) is 4.39. The van der Waals surface area contributed by atoms with E-state index in [1.807, 2.05) is 4.90 Å². The van der Waals surface area contributed by atoms with Crippen LogP contribution in [0.5, 0.6) is 0 Å². The molecule has 1 aromatic rings. The fourth-order valence-electron chi connectivity index (χ4n) is 2.40. The van der Waals surface area contributed by atoms with Gasteiger partial charge in [-0.15, -0.1) is 0 Å². The molecule has 0 N–H and O–H groups in total. The summed E-state index contributed by atoms with van der Waals surface area (Å²) in [7, 11) is 0. The van der Waals surface area contributed by atoms with Gasteiger partial charge >= 0.3 is 0 Å². The SMILES string of the molecule is N#CC(=CN1CCOCC1)C(C[N+](=O)[O-])c1cccc(Cl)c1Cl. The molecule has 2 rings (SSSR count). The molecule has 1 atom stereocenters. The van der Waals surface area contributed by atoms with E-state index < -0.39 is 17.4 Å². The van der Waals surface area contributed by atoms with Crippen LogP contribution in [-0.2, 0) is 4.74 Å². The van der Waals surface area contributed by atoms with Crippen LogP contribution < -0.4 is 0 Å². The summed E-state index contributed by atoms with van der Waals surface area (Å²) in [5, 5.41) is 21.1. The molecule has 0 spiro atoms. The van der Waals surface area contributed by atoms with E-state index in [1.165, 1.54) is 0 Å². The highest BCUT2D eigenvalue weighted by molar-refractivity contribution is 6.42. The Morgan fingerprint density at radius 3 is 2.78 bits per heavy atom. The average Bonchev–Trinajstić information content (AvgIpc) is 2.54. The van der Waals surface area contributed by atoms with Crippen molar-refractivity contribution in [3.05, 3.63) is 55.7 Å². The first-order valence-corrected chi connectivity index (χ1v) is 7.78. The van der Waals surface area contributed by atoms with Crippen molar-refractivity contribution in [1.29, 1.82) is 5.26 Å². The Morgan fingerprint density at radius 2 is 2.17 bits per heavy atom. The largest absolute Gasteiger partial charge is 0.378 e. The van der Waals surface area contributed by atoms with Gasteiger partial charge in [0.15, 0.2) is 0 Å². The zero-order chi connectivity index (χ0) is 16.8. The molecule has 1 fully saturated rings. The minimum atomic E-state index is -0.746. The average molecular weight is 356 g/mol. The first-order chi connectivity index (χ1) is 11.0. The van der Waals surface area contributed by atoms with E-state index >= 15 is 0 Å². The van der Waals surface area contributed by atoms with E-state index in [-0.39, 0.29) is 10.6 Å². The maximum Gasteiger partial charge on any atom is 0.215 e. The second kappa shape index (κ2) is 8.16. The first-order valence-electron chi connectivity index (χ1n) is 7.02. The van der Waals surface area contributed by atoms with Gasteiger partial charge in [0.2, 0.25) is 6.54 Å². The number of benzene rings is 1. The Balaban J connectivity index is 2.39. The van der Waals surface area contributed by atoms with Gasteiger partial charge in [-0.25, -0.2) is 0 Å². The summed E-state index contributed by atoms with van der Waals surface area (Å²) in [6.07, 6.45) is 1.66. The molecule has 1 aromatic carbocycles. The molecule has 0 amide bonds. The van der Waals surface area contributed by atoms with Gasteiger partial charge in [-0.2, -0.15) is 5.26 Å². The zero-order valence-corrected chi connectivity index (χ0v) is 13.8. The van der Waals surface area contributed by atoms with Crippen LogP contribution in [0.4, 0.5) is 0 Å². The van der Waals surface area contributed by atoms with Gasteiger partial charge < -0.3 is 9.64 Å². The molecule has 1 aliphatic rings. The lowest BCUT2D eigenvalue weighted by Gasteiger charge is -2.26. The molecule has 23 heavy (non-hydrogen) atoms. The van der Waals surface area contributed by atoms with Crippen LogP contribution in [0.3, 0.4) is 0 Å². The van der Waals surface area contributed by atoms with Crippen LogP contribution in [0, 0.1) is 21.4 Å². The summed E-state index contributed by atoms with van der Waals surface area (Å²) in [5.74, 6) is -0.746. The minimum Gasteiger partial charge on any atom is -0.378 e. The molecular weight excluding hydrogens is 341 g/mol. The molecule has 1 saturated heterocycles. The van der Waals surface area contributed by atoms with Crippen molar-refractivity contribution >= 4 is 23.2 Å². The van der Waals surface area contributed by atoms with Crippen LogP contribution in [0.25, 0.3) is 0 Å². The molecular formula is C15H15Cl2N3O3. The third-order valence-electron chi connectivity index (χ3n) is 3.56. The number of rotatable bonds is 5. The Kier molecular flexibility index (Phi) is 6.22. The van der Waals surface area contributed by atoms with E-state index in [9.17, 15) is 15.4 Å². The van der Waals surface area contributed by atoms with Gasteiger partial charge in [-0.05, 0) is 11.6 Å². The summed E-state index contributed by atoms with van der Waals surface area (Å²) in [5.41, 5.74) is 0.768. The smallest absolute Gasteiger partial charge is 0.215 e. The standard InChI is InChI=1S/C15H15Cl2N3O3/c16-14-3-1-2-12(15(14)17)13(10-20(21)22)11(8-18)9-19-4-6-23-7-5-19/h1-3,9,13H,4-7,10H2. The molecule has 0 bridgehead atoms. The number of nitriles is 1. The number of halogens is 2. The molecule has 1 unspecified atom stereocenters.